The lowest BCUT2D eigenvalue weighted by Crippen LogP contribution is -2.59. The van der Waals surface area contributed by atoms with Crippen LogP contribution in [0.25, 0.3) is 0 Å². The van der Waals surface area contributed by atoms with E-state index in [-0.39, 0.29) is 6.10 Å². The van der Waals surface area contributed by atoms with Crippen LogP contribution in [0.1, 0.15) is 19.3 Å². The van der Waals surface area contributed by atoms with Crippen molar-refractivity contribution in [3.8, 4) is 0 Å². The molecule has 0 aromatic heterocycles. The maximum atomic E-state index is 10.3. The Balaban J connectivity index is 2.46. The van der Waals surface area contributed by atoms with Crippen LogP contribution in [0.2, 0.25) is 43.9 Å². The van der Waals surface area contributed by atoms with E-state index in [9.17, 15) is 5.11 Å². The summed E-state index contributed by atoms with van der Waals surface area (Å²) < 4.78 is 0.586. The lowest BCUT2D eigenvalue weighted by atomic mass is 9.96. The fourth-order valence-corrected chi connectivity index (χ4v) is 18.9. The topological polar surface area (TPSA) is 20.2 Å². The molecule has 0 amide bonds. The van der Waals surface area contributed by atoms with Gasteiger partial charge in [-0.3, -0.25) is 0 Å². The normalized spacial score (nSPS) is 38.1. The Bertz CT molecular complexity index is 273. The van der Waals surface area contributed by atoms with Crippen LogP contribution in [0, 0.1) is 11.8 Å². The first kappa shape index (κ1) is 12.8. The lowest BCUT2D eigenvalue weighted by molar-refractivity contribution is 0.101. The summed E-state index contributed by atoms with van der Waals surface area (Å²) in [6, 6.07) is 0. The molecule has 1 nitrogen and oxygen atoms in total. The second-order valence-corrected chi connectivity index (χ2v) is 19.5. The highest BCUT2D eigenvalue weighted by Crippen LogP contribution is 2.68. The molecule has 0 radical (unpaired) electrons. The van der Waals surface area contributed by atoms with Crippen molar-refractivity contribution < 1.29 is 5.11 Å². The average Bonchev–Trinajstić information content (AvgIpc) is 2.55. The molecule has 2 aliphatic carbocycles. The number of aliphatic hydroxyl groups excluding tert-OH is 1. The van der Waals surface area contributed by atoms with Gasteiger partial charge in [-0.15, -0.1) is 0 Å². The number of hydrogen-bond acceptors (Lipinski definition) is 1. The van der Waals surface area contributed by atoms with E-state index in [4.69, 9.17) is 0 Å². The largest absolute Gasteiger partial charge is 0.393 e. The fraction of sp³-hybridized carbons (Fsp3) is 1.00. The van der Waals surface area contributed by atoms with Gasteiger partial charge >= 0.3 is 0 Å². The van der Waals surface area contributed by atoms with Gasteiger partial charge in [0.15, 0.2) is 0 Å². The summed E-state index contributed by atoms with van der Waals surface area (Å²) in [5, 5.41) is 10.3. The van der Waals surface area contributed by atoms with Crippen LogP contribution in [0.3, 0.4) is 0 Å². The highest BCUT2D eigenvalue weighted by atomic mass is 28.4. The zero-order chi connectivity index (χ0) is 12.4. The molecular weight excluding hydrogens is 228 g/mol. The quantitative estimate of drug-likeness (QED) is 0.746. The van der Waals surface area contributed by atoms with Gasteiger partial charge < -0.3 is 5.11 Å². The van der Waals surface area contributed by atoms with E-state index in [1.54, 1.807) is 0 Å². The van der Waals surface area contributed by atoms with Crippen molar-refractivity contribution in [1.29, 1.82) is 0 Å². The molecule has 0 saturated heterocycles. The van der Waals surface area contributed by atoms with Crippen LogP contribution in [0.4, 0.5) is 0 Å². The highest BCUT2D eigenvalue weighted by Gasteiger charge is 2.65. The smallest absolute Gasteiger partial charge is 0.0571 e. The van der Waals surface area contributed by atoms with Gasteiger partial charge in [-0.1, -0.05) is 39.3 Å². The first-order valence-corrected chi connectivity index (χ1v) is 13.8. The average molecular weight is 257 g/mol. The van der Waals surface area contributed by atoms with Gasteiger partial charge in [-0.05, 0) is 35.8 Å². The minimum Gasteiger partial charge on any atom is -0.393 e. The molecule has 0 unspecified atom stereocenters. The van der Waals surface area contributed by atoms with Crippen LogP contribution in [0.15, 0.2) is 0 Å². The highest BCUT2D eigenvalue weighted by molar-refractivity contribution is 6.98. The van der Waals surface area contributed by atoms with Crippen molar-refractivity contribution in [3.05, 3.63) is 0 Å². The Kier molecular flexibility index (Phi) is 2.77. The summed E-state index contributed by atoms with van der Waals surface area (Å²) in [7, 11) is -2.41. The summed E-state index contributed by atoms with van der Waals surface area (Å²) in [6.07, 6.45) is 3.90. The van der Waals surface area contributed by atoms with Gasteiger partial charge in [0.25, 0.3) is 0 Å². The van der Waals surface area contributed by atoms with Crippen LogP contribution in [-0.4, -0.2) is 27.4 Å². The maximum absolute atomic E-state index is 10.3. The van der Waals surface area contributed by atoms with Crippen molar-refractivity contribution in [2.24, 2.45) is 11.8 Å². The Morgan fingerprint density at radius 3 is 1.69 bits per heavy atom. The minimum absolute atomic E-state index is 0.0252. The van der Waals surface area contributed by atoms with Crippen LogP contribution >= 0.6 is 0 Å². The van der Waals surface area contributed by atoms with E-state index in [0.29, 0.717) is 10.6 Å². The van der Waals surface area contributed by atoms with E-state index in [2.05, 4.69) is 39.3 Å². The van der Waals surface area contributed by atoms with Crippen LogP contribution in [-0.2, 0) is 0 Å². The molecule has 2 saturated carbocycles. The second-order valence-electron chi connectivity index (χ2n) is 8.19. The van der Waals surface area contributed by atoms with Gasteiger partial charge in [0, 0.05) is 16.1 Å². The molecule has 16 heavy (non-hydrogen) atoms. The molecule has 3 atom stereocenters. The monoisotopic (exact) mass is 256 g/mol. The standard InChI is InChI=1S/C13H28OSi2/c1-15(2,3)13(16(4,5)6)9-10-7-11(13)12(14)8-10/h10-12,14H,7-9H2,1-6H3/t10-,11+,12-/m0/s1. The Labute approximate surface area is 103 Å². The van der Waals surface area contributed by atoms with Crippen molar-refractivity contribution >= 4 is 16.1 Å². The summed E-state index contributed by atoms with van der Waals surface area (Å²) in [4.78, 5) is 0. The molecule has 0 aromatic carbocycles. The van der Waals surface area contributed by atoms with E-state index in [1.165, 1.54) is 12.8 Å². The van der Waals surface area contributed by atoms with E-state index < -0.39 is 16.1 Å². The van der Waals surface area contributed by atoms with Gasteiger partial charge in [-0.2, -0.15) is 0 Å². The van der Waals surface area contributed by atoms with E-state index in [0.717, 1.165) is 12.3 Å². The molecule has 0 aliphatic heterocycles. The minimum atomic E-state index is -1.20. The first-order chi connectivity index (χ1) is 7.09. The fourth-order valence-electron chi connectivity index (χ4n) is 5.27. The number of fused-ring (bicyclic) bond motifs is 2. The molecular formula is C13H28OSi2. The molecule has 2 bridgehead atoms. The van der Waals surface area contributed by atoms with E-state index >= 15 is 0 Å². The molecule has 2 aliphatic rings. The molecule has 3 heteroatoms. The first-order valence-electron chi connectivity index (χ1n) is 6.78. The third kappa shape index (κ3) is 1.51. The predicted octanol–water partition coefficient (Wildman–Crippen LogP) is 3.73. The lowest BCUT2D eigenvalue weighted by Gasteiger charge is -2.56. The zero-order valence-corrected chi connectivity index (χ0v) is 13.8. The number of aliphatic hydroxyl groups is 1. The third-order valence-corrected chi connectivity index (χ3v) is 16.6. The van der Waals surface area contributed by atoms with E-state index in [1.807, 2.05) is 0 Å². The van der Waals surface area contributed by atoms with Crippen LogP contribution in [0.5, 0.6) is 0 Å². The molecule has 94 valence electrons. The Morgan fingerprint density at radius 2 is 1.44 bits per heavy atom. The molecule has 0 spiro atoms. The molecule has 0 heterocycles. The molecule has 0 aromatic rings. The molecule has 2 rings (SSSR count). The number of hydrogen-bond donors (Lipinski definition) is 1. The number of rotatable bonds is 2. The SMILES string of the molecule is C[Si](C)(C)C1([Si](C)(C)C)C[C@H]2C[C@@H]1[C@@H](O)C2. The summed E-state index contributed by atoms with van der Waals surface area (Å²) in [5.41, 5.74) is 0. The summed E-state index contributed by atoms with van der Waals surface area (Å²) in [6.45, 7) is 15.2. The summed E-state index contributed by atoms with van der Waals surface area (Å²) in [5.74, 6) is 1.49. The van der Waals surface area contributed by atoms with Gasteiger partial charge in [0.1, 0.15) is 0 Å². The predicted molar refractivity (Wildman–Crippen MR) is 76.2 cm³/mol. The second kappa shape index (κ2) is 3.45. The van der Waals surface area contributed by atoms with Gasteiger partial charge in [0.2, 0.25) is 0 Å². The van der Waals surface area contributed by atoms with Crippen molar-refractivity contribution in [1.82, 2.24) is 0 Å². The van der Waals surface area contributed by atoms with Crippen molar-refractivity contribution in [2.45, 2.75) is 69.3 Å². The zero-order valence-electron chi connectivity index (χ0n) is 11.8. The third-order valence-electron chi connectivity index (χ3n) is 5.55. The Hall–Kier alpha value is 0.394. The van der Waals surface area contributed by atoms with Gasteiger partial charge in [-0.25, -0.2) is 0 Å². The molecule has 2 fully saturated rings. The van der Waals surface area contributed by atoms with Gasteiger partial charge in [0.05, 0.1) is 6.10 Å². The summed E-state index contributed by atoms with van der Waals surface area (Å²) >= 11 is 0. The van der Waals surface area contributed by atoms with Crippen LogP contribution < -0.4 is 0 Å². The molecule has 1 N–H and O–H groups in total. The van der Waals surface area contributed by atoms with Crippen molar-refractivity contribution in [3.63, 3.8) is 0 Å². The maximum Gasteiger partial charge on any atom is 0.0571 e. The Morgan fingerprint density at radius 1 is 0.938 bits per heavy atom. The van der Waals surface area contributed by atoms with Crippen molar-refractivity contribution in [2.75, 3.05) is 0 Å².